The summed E-state index contributed by atoms with van der Waals surface area (Å²) >= 11 is 0. The van der Waals surface area contributed by atoms with Crippen molar-refractivity contribution in [1.29, 1.82) is 0 Å². The topological polar surface area (TPSA) is 98.7 Å². The lowest BCUT2D eigenvalue weighted by molar-refractivity contribution is -0.141. The van der Waals surface area contributed by atoms with Gasteiger partial charge in [-0.05, 0) is 25.7 Å². The summed E-state index contributed by atoms with van der Waals surface area (Å²) < 4.78 is 0. The highest BCUT2D eigenvalue weighted by Gasteiger charge is 2.37. The number of amides is 2. The molecule has 0 aliphatic heterocycles. The molecule has 4 N–H and O–H groups in total. The zero-order valence-corrected chi connectivity index (χ0v) is 10.1. The molecule has 6 nitrogen and oxygen atoms in total. The van der Waals surface area contributed by atoms with E-state index in [1.807, 2.05) is 0 Å². The second kappa shape index (κ2) is 5.86. The molecule has 0 heterocycles. The van der Waals surface area contributed by atoms with Crippen molar-refractivity contribution >= 4 is 12.0 Å². The molecule has 0 aromatic rings. The molecule has 98 valence electrons. The molecule has 6 heteroatoms. The van der Waals surface area contributed by atoms with Gasteiger partial charge in [-0.15, -0.1) is 0 Å². The molecule has 0 saturated heterocycles. The number of aliphatic hydroxyl groups is 1. The highest BCUT2D eigenvalue weighted by atomic mass is 16.4. The standard InChI is InChI=1S/C11H20N2O4/c1-3-4-7-5-8(7)12-11(17)13-9(6(2)14)10(15)16/h6-9,14H,3-5H2,1-2H3,(H,15,16)(H2,12,13,17)/t6-,7?,8?,9+/m1/s1. The fraction of sp³-hybridized carbons (Fsp3) is 0.818. The molecule has 0 radical (unpaired) electrons. The molecule has 4 atom stereocenters. The van der Waals surface area contributed by atoms with E-state index in [9.17, 15) is 14.7 Å². The minimum Gasteiger partial charge on any atom is -0.480 e. The molecular formula is C11H20N2O4. The minimum absolute atomic E-state index is 0.151. The van der Waals surface area contributed by atoms with Crippen LogP contribution in [0.1, 0.15) is 33.1 Å². The first-order chi connectivity index (χ1) is 7.95. The molecule has 17 heavy (non-hydrogen) atoms. The Morgan fingerprint density at radius 2 is 2.12 bits per heavy atom. The Balaban J connectivity index is 2.32. The Hall–Kier alpha value is -1.30. The quantitative estimate of drug-likeness (QED) is 0.540. The first-order valence-electron chi connectivity index (χ1n) is 5.93. The van der Waals surface area contributed by atoms with Crippen molar-refractivity contribution in [2.45, 2.75) is 51.3 Å². The van der Waals surface area contributed by atoms with Crippen molar-refractivity contribution in [1.82, 2.24) is 10.6 Å². The largest absolute Gasteiger partial charge is 0.480 e. The zero-order valence-electron chi connectivity index (χ0n) is 10.1. The number of nitrogens with one attached hydrogen (secondary N) is 2. The maximum atomic E-state index is 11.5. The molecule has 1 aliphatic rings. The van der Waals surface area contributed by atoms with E-state index in [0.717, 1.165) is 19.3 Å². The van der Waals surface area contributed by atoms with Crippen LogP contribution in [0.2, 0.25) is 0 Å². The summed E-state index contributed by atoms with van der Waals surface area (Å²) in [6, 6.07) is -1.64. The van der Waals surface area contributed by atoms with Gasteiger partial charge in [-0.25, -0.2) is 9.59 Å². The lowest BCUT2D eigenvalue weighted by Crippen LogP contribution is -2.51. The highest BCUT2D eigenvalue weighted by molar-refractivity contribution is 5.83. The van der Waals surface area contributed by atoms with Crippen LogP contribution in [0.3, 0.4) is 0 Å². The average Bonchev–Trinajstić information content (AvgIpc) is 2.92. The van der Waals surface area contributed by atoms with Crippen molar-refractivity contribution in [3.05, 3.63) is 0 Å². The number of rotatable bonds is 6. The van der Waals surface area contributed by atoms with Crippen LogP contribution in [-0.4, -0.2) is 40.4 Å². The third-order valence-corrected chi connectivity index (χ3v) is 2.93. The normalized spacial score (nSPS) is 25.8. The molecule has 1 saturated carbocycles. The Kier molecular flexibility index (Phi) is 4.74. The van der Waals surface area contributed by atoms with Gasteiger partial charge >= 0.3 is 12.0 Å². The van der Waals surface area contributed by atoms with Crippen LogP contribution >= 0.6 is 0 Å². The summed E-state index contributed by atoms with van der Waals surface area (Å²) in [5.41, 5.74) is 0. The molecule has 0 aromatic carbocycles. The predicted molar refractivity (Wildman–Crippen MR) is 61.6 cm³/mol. The van der Waals surface area contributed by atoms with Crippen LogP contribution in [0.4, 0.5) is 4.79 Å². The van der Waals surface area contributed by atoms with Gasteiger partial charge in [-0.2, -0.15) is 0 Å². The van der Waals surface area contributed by atoms with E-state index in [-0.39, 0.29) is 6.04 Å². The number of aliphatic carboxylic acids is 1. The molecule has 1 fully saturated rings. The molecule has 0 aromatic heterocycles. The molecule has 2 amide bonds. The Morgan fingerprint density at radius 1 is 1.47 bits per heavy atom. The van der Waals surface area contributed by atoms with Gasteiger partial charge in [0.1, 0.15) is 0 Å². The van der Waals surface area contributed by atoms with Crippen LogP contribution in [0.5, 0.6) is 0 Å². The van der Waals surface area contributed by atoms with Crippen LogP contribution in [0.15, 0.2) is 0 Å². The summed E-state index contributed by atoms with van der Waals surface area (Å²) in [4.78, 5) is 22.2. The van der Waals surface area contributed by atoms with E-state index in [2.05, 4.69) is 17.6 Å². The van der Waals surface area contributed by atoms with E-state index in [1.165, 1.54) is 6.92 Å². The van der Waals surface area contributed by atoms with E-state index in [4.69, 9.17) is 5.11 Å². The predicted octanol–water partition coefficient (Wildman–Crippen LogP) is 0.308. The first-order valence-corrected chi connectivity index (χ1v) is 5.93. The van der Waals surface area contributed by atoms with Gasteiger partial charge in [-0.3, -0.25) is 0 Å². The van der Waals surface area contributed by atoms with Crippen molar-refractivity contribution in [2.24, 2.45) is 5.92 Å². The second-order valence-electron chi connectivity index (χ2n) is 4.57. The van der Waals surface area contributed by atoms with Crippen LogP contribution < -0.4 is 10.6 Å². The summed E-state index contributed by atoms with van der Waals surface area (Å²) in [6.45, 7) is 3.42. The molecule has 1 aliphatic carbocycles. The molecule has 2 unspecified atom stereocenters. The van der Waals surface area contributed by atoms with Crippen LogP contribution in [0.25, 0.3) is 0 Å². The molecule has 0 spiro atoms. The van der Waals surface area contributed by atoms with E-state index in [1.54, 1.807) is 0 Å². The van der Waals surface area contributed by atoms with Crippen LogP contribution in [0, 0.1) is 5.92 Å². The number of hydrogen-bond donors (Lipinski definition) is 4. The fourth-order valence-electron chi connectivity index (χ4n) is 1.85. The molecule has 0 bridgehead atoms. The van der Waals surface area contributed by atoms with Gasteiger partial charge in [0.25, 0.3) is 0 Å². The number of carboxylic acid groups (broad SMARTS) is 1. The Morgan fingerprint density at radius 3 is 2.59 bits per heavy atom. The van der Waals surface area contributed by atoms with Crippen molar-refractivity contribution in [2.75, 3.05) is 0 Å². The van der Waals surface area contributed by atoms with E-state index in [0.29, 0.717) is 5.92 Å². The Bertz CT molecular complexity index is 293. The maximum absolute atomic E-state index is 11.5. The highest BCUT2D eigenvalue weighted by Crippen LogP contribution is 2.34. The first kappa shape index (κ1) is 13.8. The van der Waals surface area contributed by atoms with Crippen molar-refractivity contribution in [3.63, 3.8) is 0 Å². The van der Waals surface area contributed by atoms with Gasteiger partial charge in [0, 0.05) is 6.04 Å². The monoisotopic (exact) mass is 244 g/mol. The van der Waals surface area contributed by atoms with Gasteiger partial charge in [-0.1, -0.05) is 13.3 Å². The number of urea groups is 1. The van der Waals surface area contributed by atoms with Gasteiger partial charge in [0.2, 0.25) is 0 Å². The fourth-order valence-corrected chi connectivity index (χ4v) is 1.85. The summed E-state index contributed by atoms with van der Waals surface area (Å²) in [7, 11) is 0. The smallest absolute Gasteiger partial charge is 0.328 e. The SMILES string of the molecule is CCCC1CC1NC(=O)N[C@H](C(=O)O)[C@@H](C)O. The van der Waals surface area contributed by atoms with Gasteiger partial charge < -0.3 is 20.8 Å². The summed E-state index contributed by atoms with van der Waals surface area (Å²) in [6.07, 6.45) is 1.98. The molecule has 1 rings (SSSR count). The number of aliphatic hydroxyl groups excluding tert-OH is 1. The van der Waals surface area contributed by atoms with Crippen LogP contribution in [-0.2, 0) is 4.79 Å². The summed E-state index contributed by atoms with van der Waals surface area (Å²) in [5, 5.41) is 22.9. The number of hydrogen-bond acceptors (Lipinski definition) is 3. The lowest BCUT2D eigenvalue weighted by Gasteiger charge is -2.17. The van der Waals surface area contributed by atoms with E-state index >= 15 is 0 Å². The van der Waals surface area contributed by atoms with Crippen molar-refractivity contribution in [3.8, 4) is 0 Å². The summed E-state index contributed by atoms with van der Waals surface area (Å²) in [5.74, 6) is -0.725. The lowest BCUT2D eigenvalue weighted by atomic mass is 10.2. The second-order valence-corrected chi connectivity index (χ2v) is 4.57. The minimum atomic E-state index is -1.27. The number of carboxylic acids is 1. The number of carbonyl (C=O) groups is 2. The number of carbonyl (C=O) groups excluding carboxylic acids is 1. The van der Waals surface area contributed by atoms with Gasteiger partial charge in [0.15, 0.2) is 6.04 Å². The third kappa shape index (κ3) is 4.22. The average molecular weight is 244 g/mol. The van der Waals surface area contributed by atoms with Gasteiger partial charge in [0.05, 0.1) is 6.10 Å². The Labute approximate surface area is 100 Å². The molecular weight excluding hydrogens is 224 g/mol. The zero-order chi connectivity index (χ0) is 13.0. The third-order valence-electron chi connectivity index (χ3n) is 2.93. The van der Waals surface area contributed by atoms with Crippen molar-refractivity contribution < 1.29 is 19.8 Å². The maximum Gasteiger partial charge on any atom is 0.328 e. The van der Waals surface area contributed by atoms with E-state index < -0.39 is 24.1 Å².